The monoisotopic (exact) mass is 437 g/mol. The first-order valence-corrected chi connectivity index (χ1v) is 10.4. The number of hydrogen-bond donors (Lipinski definition) is 1. The molecule has 0 radical (unpaired) electrons. The third-order valence-electron chi connectivity index (χ3n) is 6.12. The molecule has 2 saturated heterocycles. The van der Waals surface area contributed by atoms with Crippen molar-refractivity contribution in [3.8, 4) is 0 Å². The van der Waals surface area contributed by atoms with Gasteiger partial charge in [0.1, 0.15) is 24.6 Å². The van der Waals surface area contributed by atoms with Crippen LogP contribution >= 0.6 is 0 Å². The molecule has 2 aliphatic rings. The summed E-state index contributed by atoms with van der Waals surface area (Å²) in [5.41, 5.74) is -3.22. The molecular weight excluding hydrogens is 409 g/mol. The third-order valence-corrected chi connectivity index (χ3v) is 6.12. The molecule has 0 aromatic carbocycles. The summed E-state index contributed by atoms with van der Waals surface area (Å²) in [7, 11) is 0. The molecule has 11 heteroatoms. The maximum atomic E-state index is 15.9. The zero-order chi connectivity index (χ0) is 22.4. The van der Waals surface area contributed by atoms with Crippen molar-refractivity contribution in [2.75, 3.05) is 37.8 Å². The van der Waals surface area contributed by atoms with Crippen LogP contribution in [0.15, 0.2) is 12.7 Å². The van der Waals surface area contributed by atoms with Crippen LogP contribution in [-0.2, 0) is 19.0 Å². The molecule has 0 spiro atoms. The van der Waals surface area contributed by atoms with Crippen molar-refractivity contribution < 1.29 is 28.5 Å². The van der Waals surface area contributed by atoms with Gasteiger partial charge in [-0.15, -0.1) is 0 Å². The Bertz CT molecular complexity index is 957. The minimum Gasteiger partial charge on any atom is -0.463 e. The Labute approximate surface area is 179 Å². The lowest BCUT2D eigenvalue weighted by molar-refractivity contribution is -0.156. The van der Waals surface area contributed by atoms with E-state index in [4.69, 9.17) is 14.2 Å². The van der Waals surface area contributed by atoms with E-state index >= 15 is 4.39 Å². The van der Waals surface area contributed by atoms with Gasteiger partial charge in [0.05, 0.1) is 25.5 Å². The highest BCUT2D eigenvalue weighted by Gasteiger charge is 2.63. The number of ether oxygens (including phenoxy) is 3. The topological polar surface area (TPSA) is 112 Å². The Morgan fingerprint density at radius 1 is 1.32 bits per heavy atom. The summed E-state index contributed by atoms with van der Waals surface area (Å²) < 4.78 is 33.8. The van der Waals surface area contributed by atoms with E-state index in [1.54, 1.807) is 13.8 Å². The van der Waals surface area contributed by atoms with Crippen molar-refractivity contribution in [3.05, 3.63) is 12.7 Å². The summed E-state index contributed by atoms with van der Waals surface area (Å²) in [5, 5.41) is 11.0. The lowest BCUT2D eigenvalue weighted by Crippen LogP contribution is -2.52. The molecule has 10 nitrogen and oxygen atoms in total. The number of fused-ring (bicyclic) bond motifs is 1. The van der Waals surface area contributed by atoms with E-state index in [0.717, 1.165) is 0 Å². The highest BCUT2D eigenvalue weighted by atomic mass is 19.1. The average molecular weight is 437 g/mol. The molecule has 31 heavy (non-hydrogen) atoms. The number of nitrogens with zero attached hydrogens (tertiary/aromatic N) is 5. The minimum atomic E-state index is -2.21. The molecular formula is C20H28FN5O5. The van der Waals surface area contributed by atoms with Gasteiger partial charge in [0.15, 0.2) is 28.9 Å². The van der Waals surface area contributed by atoms with Gasteiger partial charge in [-0.2, -0.15) is 0 Å². The molecule has 2 aromatic heterocycles. The van der Waals surface area contributed by atoms with Gasteiger partial charge in [-0.3, -0.25) is 9.36 Å². The third kappa shape index (κ3) is 3.64. The Morgan fingerprint density at radius 2 is 2.03 bits per heavy atom. The normalized spacial score (nSPS) is 31.5. The SMILES string of the molecule is CC(C)C(=O)OC[C@H]1O[C@@H](n2cnc3c(N4CCOCC4)ncnc32)[C@](C)(F)[C@@]1(C)O. The summed E-state index contributed by atoms with van der Waals surface area (Å²) in [4.78, 5) is 27.0. The number of alkyl halides is 1. The molecule has 4 heterocycles. The number of carbonyl (C=O) groups excluding carboxylic acids is 1. The number of halogens is 1. The predicted molar refractivity (Wildman–Crippen MR) is 108 cm³/mol. The fourth-order valence-electron chi connectivity index (χ4n) is 3.85. The molecule has 2 aliphatic heterocycles. The number of carbonyl (C=O) groups is 1. The summed E-state index contributed by atoms with van der Waals surface area (Å²) in [6.07, 6.45) is 0.552. The van der Waals surface area contributed by atoms with Crippen molar-refractivity contribution >= 4 is 23.0 Å². The van der Waals surface area contributed by atoms with Crippen LogP contribution in [0, 0.1) is 5.92 Å². The van der Waals surface area contributed by atoms with E-state index in [2.05, 4.69) is 15.0 Å². The maximum Gasteiger partial charge on any atom is 0.308 e. The quantitative estimate of drug-likeness (QED) is 0.691. The minimum absolute atomic E-state index is 0.263. The van der Waals surface area contributed by atoms with Crippen LogP contribution in [0.2, 0.25) is 0 Å². The van der Waals surface area contributed by atoms with E-state index in [1.807, 2.05) is 4.90 Å². The fourth-order valence-corrected chi connectivity index (χ4v) is 3.85. The van der Waals surface area contributed by atoms with Crippen LogP contribution in [0.1, 0.15) is 33.9 Å². The van der Waals surface area contributed by atoms with Gasteiger partial charge >= 0.3 is 5.97 Å². The fraction of sp³-hybridized carbons (Fsp3) is 0.700. The number of esters is 1. The van der Waals surface area contributed by atoms with Crippen LogP contribution in [0.5, 0.6) is 0 Å². The zero-order valence-electron chi connectivity index (χ0n) is 18.1. The number of anilines is 1. The van der Waals surface area contributed by atoms with Crippen molar-refractivity contribution in [3.63, 3.8) is 0 Å². The molecule has 4 rings (SSSR count). The van der Waals surface area contributed by atoms with E-state index in [-0.39, 0.29) is 12.5 Å². The molecule has 2 fully saturated rings. The first kappa shape index (κ1) is 21.8. The van der Waals surface area contributed by atoms with Gasteiger partial charge < -0.3 is 24.2 Å². The van der Waals surface area contributed by atoms with Crippen LogP contribution in [0.3, 0.4) is 0 Å². The number of rotatable bonds is 5. The van der Waals surface area contributed by atoms with Crippen molar-refractivity contribution in [2.24, 2.45) is 5.92 Å². The first-order chi connectivity index (χ1) is 14.6. The Morgan fingerprint density at radius 3 is 2.71 bits per heavy atom. The van der Waals surface area contributed by atoms with Gasteiger partial charge in [0.25, 0.3) is 0 Å². The number of imidazole rings is 1. The van der Waals surface area contributed by atoms with E-state index in [0.29, 0.717) is 43.3 Å². The van der Waals surface area contributed by atoms with E-state index in [9.17, 15) is 9.90 Å². The number of morpholine rings is 1. The number of hydrogen-bond acceptors (Lipinski definition) is 9. The Hall–Kier alpha value is -2.37. The Kier molecular flexibility index (Phi) is 5.61. The molecule has 0 saturated carbocycles. The van der Waals surface area contributed by atoms with Crippen molar-refractivity contribution in [1.82, 2.24) is 19.5 Å². The zero-order valence-corrected chi connectivity index (χ0v) is 18.1. The standard InChI is InChI=1S/C20H28FN5O5/c1-12(2)17(27)30-9-13-20(4,28)19(3,21)18(31-13)26-11-24-14-15(22-10-23-16(14)26)25-5-7-29-8-6-25/h10-13,18,28H,5-9H2,1-4H3/t13-,18-,19+,20+/m1/s1. The summed E-state index contributed by atoms with van der Waals surface area (Å²) >= 11 is 0. The number of aliphatic hydroxyl groups is 1. The second-order valence-electron chi connectivity index (χ2n) is 8.61. The van der Waals surface area contributed by atoms with Gasteiger partial charge in [-0.1, -0.05) is 13.8 Å². The largest absolute Gasteiger partial charge is 0.463 e. The first-order valence-electron chi connectivity index (χ1n) is 10.4. The van der Waals surface area contributed by atoms with Crippen LogP contribution in [0.25, 0.3) is 11.2 Å². The van der Waals surface area contributed by atoms with Gasteiger partial charge in [0, 0.05) is 13.1 Å². The molecule has 0 amide bonds. The molecule has 2 aromatic rings. The molecule has 0 aliphatic carbocycles. The lowest BCUT2D eigenvalue weighted by Gasteiger charge is -2.33. The average Bonchev–Trinajstić information content (AvgIpc) is 3.24. The number of aromatic nitrogens is 4. The van der Waals surface area contributed by atoms with Gasteiger partial charge in [0.2, 0.25) is 0 Å². The van der Waals surface area contributed by atoms with Crippen LogP contribution < -0.4 is 4.90 Å². The highest BCUT2D eigenvalue weighted by Crippen LogP contribution is 2.49. The van der Waals surface area contributed by atoms with Crippen LogP contribution in [-0.4, -0.2) is 80.9 Å². The molecule has 170 valence electrons. The maximum absolute atomic E-state index is 15.9. The predicted octanol–water partition coefficient (Wildman–Crippen LogP) is 1.24. The highest BCUT2D eigenvalue weighted by molar-refractivity contribution is 5.83. The van der Waals surface area contributed by atoms with E-state index in [1.165, 1.54) is 31.1 Å². The summed E-state index contributed by atoms with van der Waals surface area (Å²) in [5.74, 6) is -0.147. The van der Waals surface area contributed by atoms with Gasteiger partial charge in [-0.25, -0.2) is 19.3 Å². The van der Waals surface area contributed by atoms with E-state index < -0.39 is 29.6 Å². The molecule has 0 unspecified atom stereocenters. The van der Waals surface area contributed by atoms with Crippen LogP contribution in [0.4, 0.5) is 10.2 Å². The van der Waals surface area contributed by atoms with Crippen molar-refractivity contribution in [1.29, 1.82) is 0 Å². The second kappa shape index (κ2) is 7.95. The second-order valence-corrected chi connectivity index (χ2v) is 8.61. The van der Waals surface area contributed by atoms with Gasteiger partial charge in [-0.05, 0) is 13.8 Å². The lowest BCUT2D eigenvalue weighted by atomic mass is 9.84. The molecule has 0 bridgehead atoms. The smallest absolute Gasteiger partial charge is 0.308 e. The summed E-state index contributed by atoms with van der Waals surface area (Å²) in [6, 6.07) is 0. The molecule has 4 atom stereocenters. The molecule has 1 N–H and O–H groups in total. The Balaban J connectivity index is 1.65. The van der Waals surface area contributed by atoms with Crippen molar-refractivity contribution in [2.45, 2.75) is 51.3 Å². The summed E-state index contributed by atoms with van der Waals surface area (Å²) in [6.45, 7) is 8.23.